The van der Waals surface area contributed by atoms with Crippen molar-refractivity contribution in [1.29, 1.82) is 0 Å². The molecule has 0 aliphatic carbocycles. The summed E-state index contributed by atoms with van der Waals surface area (Å²) in [5.41, 5.74) is 10.7. The third kappa shape index (κ3) is 4.90. The molecule has 0 aliphatic heterocycles. The zero-order valence-corrected chi connectivity index (χ0v) is 17.7. The normalized spacial score (nSPS) is 10.9. The molecule has 1 unspecified atom stereocenters. The Kier molecular flexibility index (Phi) is 9.08. The summed E-state index contributed by atoms with van der Waals surface area (Å²) in [7, 11) is 0. The first-order valence-corrected chi connectivity index (χ1v) is 8.28. The van der Waals surface area contributed by atoms with E-state index in [4.69, 9.17) is 22.3 Å². The zero-order chi connectivity index (χ0) is 17.2. The highest BCUT2D eigenvalue weighted by Crippen LogP contribution is 2.27. The number of nitrogens with zero attached hydrogens (tertiary/aromatic N) is 3. The molecule has 0 spiro atoms. The Hall–Kier alpha value is -1.95. The number of aromatic nitrogens is 3. The molecule has 28 heavy (non-hydrogen) atoms. The SMILES string of the molecule is Cl.Cl.Cl.NC(c1ccc2ccc(-c3ccccc3)nc2c1)c1nccnc1Cl. The first kappa shape index (κ1) is 24.1. The van der Waals surface area contributed by atoms with Crippen molar-refractivity contribution in [2.45, 2.75) is 6.04 Å². The molecule has 2 N–H and O–H groups in total. The van der Waals surface area contributed by atoms with E-state index in [2.05, 4.69) is 16.0 Å². The van der Waals surface area contributed by atoms with Crippen LogP contribution in [0.4, 0.5) is 0 Å². The highest BCUT2D eigenvalue weighted by atomic mass is 35.5. The number of hydrogen-bond donors (Lipinski definition) is 1. The van der Waals surface area contributed by atoms with Crippen LogP contribution >= 0.6 is 48.8 Å². The van der Waals surface area contributed by atoms with Crippen LogP contribution in [0.1, 0.15) is 17.3 Å². The molecule has 8 heteroatoms. The molecule has 2 heterocycles. The average Bonchev–Trinajstić information content (AvgIpc) is 2.67. The van der Waals surface area contributed by atoms with Gasteiger partial charge in [-0.05, 0) is 17.7 Å². The quantitative estimate of drug-likeness (QED) is 0.432. The van der Waals surface area contributed by atoms with Gasteiger partial charge in [-0.3, -0.25) is 4.98 Å². The number of fused-ring (bicyclic) bond motifs is 1. The molecule has 2 aromatic carbocycles. The van der Waals surface area contributed by atoms with Crippen molar-refractivity contribution in [1.82, 2.24) is 15.0 Å². The number of rotatable bonds is 3. The standard InChI is InChI=1S/C20H15ClN4.3ClH/c21-20-19(23-10-11-24-20)18(22)15-7-6-14-8-9-16(25-17(14)12-15)13-4-2-1-3-5-13;;;/h1-12,18H,22H2;3*1H. The van der Waals surface area contributed by atoms with Gasteiger partial charge < -0.3 is 5.73 Å². The summed E-state index contributed by atoms with van der Waals surface area (Å²) in [5, 5.41) is 1.38. The lowest BCUT2D eigenvalue weighted by Gasteiger charge is -2.13. The molecule has 0 radical (unpaired) electrons. The van der Waals surface area contributed by atoms with Crippen molar-refractivity contribution in [3.63, 3.8) is 0 Å². The highest BCUT2D eigenvalue weighted by Gasteiger charge is 2.15. The lowest BCUT2D eigenvalue weighted by atomic mass is 10.0. The Morgan fingerprint density at radius 1 is 0.821 bits per heavy atom. The minimum absolute atomic E-state index is 0. The van der Waals surface area contributed by atoms with Crippen LogP contribution in [0.2, 0.25) is 5.15 Å². The second-order valence-electron chi connectivity index (χ2n) is 5.72. The summed E-state index contributed by atoms with van der Waals surface area (Å²) in [4.78, 5) is 13.1. The summed E-state index contributed by atoms with van der Waals surface area (Å²) < 4.78 is 0. The van der Waals surface area contributed by atoms with Crippen LogP contribution in [0.3, 0.4) is 0 Å². The minimum atomic E-state index is -0.451. The lowest BCUT2D eigenvalue weighted by Crippen LogP contribution is -2.14. The predicted octanol–water partition coefficient (Wildman–Crippen LogP) is 5.66. The van der Waals surface area contributed by atoms with Gasteiger partial charge in [0.1, 0.15) is 0 Å². The number of hydrogen-bond acceptors (Lipinski definition) is 4. The van der Waals surface area contributed by atoms with Gasteiger partial charge in [-0.15, -0.1) is 37.2 Å². The zero-order valence-electron chi connectivity index (χ0n) is 14.5. The van der Waals surface area contributed by atoms with Gasteiger partial charge in [0.15, 0.2) is 5.15 Å². The third-order valence-corrected chi connectivity index (χ3v) is 4.41. The summed E-state index contributed by atoms with van der Waals surface area (Å²) in [6.45, 7) is 0. The Balaban J connectivity index is 0.00000131. The van der Waals surface area contributed by atoms with E-state index in [1.54, 1.807) is 12.4 Å². The number of halogens is 4. The van der Waals surface area contributed by atoms with E-state index in [9.17, 15) is 0 Å². The molecular formula is C20H18Cl4N4. The Morgan fingerprint density at radius 2 is 1.50 bits per heavy atom. The molecule has 0 amide bonds. The van der Waals surface area contributed by atoms with Crippen LogP contribution in [0, 0.1) is 0 Å². The van der Waals surface area contributed by atoms with Gasteiger partial charge in [0.2, 0.25) is 0 Å². The first-order valence-electron chi connectivity index (χ1n) is 7.90. The largest absolute Gasteiger partial charge is 0.319 e. The smallest absolute Gasteiger partial charge is 0.152 e. The van der Waals surface area contributed by atoms with Crippen molar-refractivity contribution in [3.8, 4) is 11.3 Å². The second kappa shape index (κ2) is 10.6. The number of pyridine rings is 1. The number of benzene rings is 2. The van der Waals surface area contributed by atoms with Crippen LogP contribution in [-0.2, 0) is 0 Å². The maximum absolute atomic E-state index is 6.34. The van der Waals surface area contributed by atoms with Crippen molar-refractivity contribution in [2.24, 2.45) is 5.73 Å². The molecule has 0 saturated carbocycles. The molecule has 2 aromatic heterocycles. The van der Waals surface area contributed by atoms with Gasteiger partial charge in [-0.1, -0.05) is 60.1 Å². The molecule has 0 aliphatic rings. The summed E-state index contributed by atoms with van der Waals surface area (Å²) in [6.07, 6.45) is 3.14. The van der Waals surface area contributed by atoms with Crippen LogP contribution in [0.5, 0.6) is 0 Å². The molecule has 0 saturated heterocycles. The van der Waals surface area contributed by atoms with Gasteiger partial charge in [0.25, 0.3) is 0 Å². The topological polar surface area (TPSA) is 64.7 Å². The summed E-state index contributed by atoms with van der Waals surface area (Å²) >= 11 is 6.12. The highest BCUT2D eigenvalue weighted by molar-refractivity contribution is 6.30. The second-order valence-corrected chi connectivity index (χ2v) is 6.08. The monoisotopic (exact) mass is 454 g/mol. The molecule has 0 fully saturated rings. The van der Waals surface area contributed by atoms with Crippen LogP contribution in [0.25, 0.3) is 22.2 Å². The van der Waals surface area contributed by atoms with Crippen LogP contribution < -0.4 is 5.73 Å². The van der Waals surface area contributed by atoms with Crippen LogP contribution in [-0.4, -0.2) is 15.0 Å². The van der Waals surface area contributed by atoms with E-state index in [0.29, 0.717) is 10.8 Å². The van der Waals surface area contributed by atoms with Crippen molar-refractivity contribution < 1.29 is 0 Å². The molecule has 4 rings (SSSR count). The van der Waals surface area contributed by atoms with Crippen LogP contribution in [0.15, 0.2) is 73.1 Å². The fourth-order valence-corrected chi connectivity index (χ4v) is 3.02. The van der Waals surface area contributed by atoms with E-state index in [-0.39, 0.29) is 37.2 Å². The molecule has 1 atom stereocenters. The molecule has 146 valence electrons. The molecule has 0 bridgehead atoms. The predicted molar refractivity (Wildman–Crippen MR) is 122 cm³/mol. The molecular weight excluding hydrogens is 438 g/mol. The first-order chi connectivity index (χ1) is 12.2. The fraction of sp³-hybridized carbons (Fsp3) is 0.0500. The van der Waals surface area contributed by atoms with Crippen molar-refractivity contribution >= 4 is 59.7 Å². The van der Waals surface area contributed by atoms with Gasteiger partial charge in [0, 0.05) is 23.3 Å². The van der Waals surface area contributed by atoms with Gasteiger partial charge >= 0.3 is 0 Å². The lowest BCUT2D eigenvalue weighted by molar-refractivity contribution is 0.819. The van der Waals surface area contributed by atoms with Crippen molar-refractivity contribution in [3.05, 3.63) is 89.5 Å². The van der Waals surface area contributed by atoms with Crippen molar-refractivity contribution in [2.75, 3.05) is 0 Å². The Labute approximate surface area is 186 Å². The van der Waals surface area contributed by atoms with Gasteiger partial charge in [0.05, 0.1) is 22.9 Å². The third-order valence-electron chi connectivity index (χ3n) is 4.12. The van der Waals surface area contributed by atoms with Gasteiger partial charge in [-0.2, -0.15) is 0 Å². The Morgan fingerprint density at radius 3 is 2.21 bits per heavy atom. The molecule has 4 aromatic rings. The summed E-state index contributed by atoms with van der Waals surface area (Å²) in [6, 6.07) is 19.7. The van der Waals surface area contributed by atoms with Gasteiger partial charge in [-0.25, -0.2) is 9.97 Å². The molecule has 4 nitrogen and oxygen atoms in total. The van der Waals surface area contributed by atoms with E-state index in [1.165, 1.54) is 0 Å². The number of nitrogens with two attached hydrogens (primary N) is 1. The maximum atomic E-state index is 6.34. The maximum Gasteiger partial charge on any atom is 0.152 e. The van der Waals surface area contributed by atoms with E-state index >= 15 is 0 Å². The van der Waals surface area contributed by atoms with E-state index < -0.39 is 6.04 Å². The van der Waals surface area contributed by atoms with E-state index in [0.717, 1.165) is 27.7 Å². The fourth-order valence-electron chi connectivity index (χ4n) is 2.80. The minimum Gasteiger partial charge on any atom is -0.319 e. The average molecular weight is 456 g/mol. The Bertz CT molecular complexity index is 1040. The summed E-state index contributed by atoms with van der Waals surface area (Å²) in [5.74, 6) is 0. The van der Waals surface area contributed by atoms with E-state index in [1.807, 2.05) is 54.6 Å².